The van der Waals surface area contributed by atoms with Gasteiger partial charge in [-0.3, -0.25) is 9.88 Å². The van der Waals surface area contributed by atoms with Crippen molar-refractivity contribution in [2.45, 2.75) is 51.1 Å². The molecule has 0 aromatic carbocycles. The first-order chi connectivity index (χ1) is 14.2. The highest BCUT2D eigenvalue weighted by Crippen LogP contribution is 2.42. The van der Waals surface area contributed by atoms with Crippen LogP contribution < -0.4 is 4.90 Å². The van der Waals surface area contributed by atoms with Gasteiger partial charge in [0, 0.05) is 38.4 Å². The smallest absolute Gasteiger partial charge is 0.132 e. The lowest BCUT2D eigenvalue weighted by molar-refractivity contribution is 0.156. The van der Waals surface area contributed by atoms with Gasteiger partial charge in [-0.2, -0.15) is 0 Å². The molecule has 0 unspecified atom stereocenters. The molecule has 1 aliphatic carbocycles. The number of aromatic nitrogens is 3. The Morgan fingerprint density at radius 2 is 1.79 bits per heavy atom. The third-order valence-corrected chi connectivity index (χ3v) is 6.87. The van der Waals surface area contributed by atoms with Crippen molar-refractivity contribution in [1.82, 2.24) is 24.8 Å². The molecule has 2 saturated heterocycles. The quantitative estimate of drug-likeness (QED) is 0.800. The zero-order valence-corrected chi connectivity index (χ0v) is 17.7. The average Bonchev–Trinajstić information content (AvgIpc) is 3.23. The molecule has 3 aliphatic rings. The van der Waals surface area contributed by atoms with Gasteiger partial charge in [-0.1, -0.05) is 6.07 Å². The van der Waals surface area contributed by atoms with E-state index in [2.05, 4.69) is 39.9 Å². The van der Waals surface area contributed by atoms with Crippen LogP contribution in [0.5, 0.6) is 0 Å². The first-order valence-corrected chi connectivity index (χ1v) is 11.2. The van der Waals surface area contributed by atoms with E-state index in [0.29, 0.717) is 12.1 Å². The maximum Gasteiger partial charge on any atom is 0.132 e. The zero-order chi connectivity index (χ0) is 19.8. The molecular weight excluding hydrogens is 360 g/mol. The first-order valence-electron chi connectivity index (χ1n) is 11.2. The van der Waals surface area contributed by atoms with Gasteiger partial charge >= 0.3 is 0 Å². The molecule has 0 N–H and O–H groups in total. The fourth-order valence-electron chi connectivity index (χ4n) is 5.33. The average molecular weight is 393 g/mol. The van der Waals surface area contributed by atoms with Crippen LogP contribution in [0, 0.1) is 6.92 Å². The second-order valence-corrected chi connectivity index (χ2v) is 8.84. The summed E-state index contributed by atoms with van der Waals surface area (Å²) < 4.78 is 0. The van der Waals surface area contributed by atoms with Crippen LogP contribution in [0.25, 0.3) is 0 Å². The molecule has 2 aromatic heterocycles. The molecule has 2 fully saturated rings. The van der Waals surface area contributed by atoms with Crippen molar-refractivity contribution in [2.75, 3.05) is 44.7 Å². The van der Waals surface area contributed by atoms with Crippen LogP contribution >= 0.6 is 0 Å². The lowest BCUT2D eigenvalue weighted by Crippen LogP contribution is -2.45. The number of likely N-dealkylation sites (tertiary alicyclic amines) is 1. The van der Waals surface area contributed by atoms with E-state index in [-0.39, 0.29) is 0 Å². The maximum absolute atomic E-state index is 4.92. The normalized spacial score (nSPS) is 25.9. The van der Waals surface area contributed by atoms with Crippen molar-refractivity contribution >= 4 is 5.82 Å². The number of hydrogen-bond donors (Lipinski definition) is 0. The molecule has 29 heavy (non-hydrogen) atoms. The number of piperazine rings is 1. The highest BCUT2D eigenvalue weighted by atomic mass is 15.3. The van der Waals surface area contributed by atoms with Crippen molar-refractivity contribution in [3.63, 3.8) is 0 Å². The predicted molar refractivity (Wildman–Crippen MR) is 115 cm³/mol. The van der Waals surface area contributed by atoms with E-state index >= 15 is 0 Å². The minimum atomic E-state index is 0.376. The second-order valence-electron chi connectivity index (χ2n) is 8.84. The molecule has 4 heterocycles. The van der Waals surface area contributed by atoms with Crippen molar-refractivity contribution < 1.29 is 0 Å². The summed E-state index contributed by atoms with van der Waals surface area (Å²) in [6.07, 6.45) is 7.99. The van der Waals surface area contributed by atoms with Crippen LogP contribution in [-0.4, -0.2) is 64.5 Å². The Hall–Kier alpha value is -2.05. The molecule has 2 aliphatic heterocycles. The van der Waals surface area contributed by atoms with Crippen LogP contribution in [0.3, 0.4) is 0 Å². The summed E-state index contributed by atoms with van der Waals surface area (Å²) in [5.41, 5.74) is 3.94. The van der Waals surface area contributed by atoms with Crippen molar-refractivity contribution in [2.24, 2.45) is 0 Å². The number of rotatable bonds is 3. The predicted octanol–water partition coefficient (Wildman–Crippen LogP) is 3.15. The first kappa shape index (κ1) is 18.9. The van der Waals surface area contributed by atoms with Gasteiger partial charge in [-0.15, -0.1) is 0 Å². The van der Waals surface area contributed by atoms with E-state index in [0.717, 1.165) is 44.4 Å². The topological polar surface area (TPSA) is 48.4 Å². The van der Waals surface area contributed by atoms with E-state index in [1.165, 1.54) is 49.1 Å². The van der Waals surface area contributed by atoms with E-state index in [1.807, 2.05) is 13.1 Å². The highest BCUT2D eigenvalue weighted by Gasteiger charge is 2.36. The number of pyridine rings is 1. The number of aryl methyl sites for hydroxylation is 2. The molecule has 0 saturated carbocycles. The summed E-state index contributed by atoms with van der Waals surface area (Å²) in [5.74, 6) is 2.00. The fourth-order valence-corrected chi connectivity index (χ4v) is 5.33. The molecule has 0 bridgehead atoms. The van der Waals surface area contributed by atoms with Crippen molar-refractivity contribution in [1.29, 1.82) is 0 Å². The van der Waals surface area contributed by atoms with Gasteiger partial charge in [-0.25, -0.2) is 9.97 Å². The van der Waals surface area contributed by atoms with Gasteiger partial charge in [-0.05, 0) is 64.3 Å². The van der Waals surface area contributed by atoms with Gasteiger partial charge < -0.3 is 9.80 Å². The molecule has 2 atom stereocenters. The Kier molecular flexibility index (Phi) is 5.22. The lowest BCUT2D eigenvalue weighted by Gasteiger charge is -2.36. The maximum atomic E-state index is 4.92. The van der Waals surface area contributed by atoms with Crippen LogP contribution in [0.1, 0.15) is 60.5 Å². The third-order valence-electron chi connectivity index (χ3n) is 6.87. The van der Waals surface area contributed by atoms with E-state index in [9.17, 15) is 0 Å². The van der Waals surface area contributed by atoms with Gasteiger partial charge in [0.25, 0.3) is 0 Å². The van der Waals surface area contributed by atoms with Crippen LogP contribution in [0.4, 0.5) is 5.82 Å². The monoisotopic (exact) mass is 392 g/mol. The van der Waals surface area contributed by atoms with Crippen LogP contribution in [-0.2, 0) is 6.42 Å². The van der Waals surface area contributed by atoms with Crippen molar-refractivity contribution in [3.8, 4) is 0 Å². The zero-order valence-electron chi connectivity index (χ0n) is 17.7. The van der Waals surface area contributed by atoms with Gasteiger partial charge in [0.1, 0.15) is 11.6 Å². The minimum Gasteiger partial charge on any atom is -0.354 e. The van der Waals surface area contributed by atoms with Gasteiger partial charge in [0.05, 0.1) is 23.5 Å². The summed E-state index contributed by atoms with van der Waals surface area (Å²) in [7, 11) is 2.19. The summed E-state index contributed by atoms with van der Waals surface area (Å²) in [4.78, 5) is 22.0. The third kappa shape index (κ3) is 3.76. The molecule has 0 spiro atoms. The Bertz CT molecular complexity index is 860. The van der Waals surface area contributed by atoms with E-state index in [4.69, 9.17) is 15.0 Å². The summed E-state index contributed by atoms with van der Waals surface area (Å²) >= 11 is 0. The Labute approximate surface area is 174 Å². The van der Waals surface area contributed by atoms with Gasteiger partial charge in [0.15, 0.2) is 0 Å². The standard InChI is InChI=1S/C23H32N6/c1-17-25-19(16-22(26-17)28-14-12-27(2)13-15-28)20-9-5-11-29(20)21-8-3-6-18-7-4-10-24-23(18)21/h4,7,10,16,20-21H,3,5-6,8-9,11-15H2,1-2H3/t20-,21+/m1/s1. The Morgan fingerprint density at radius 3 is 2.66 bits per heavy atom. The number of likely N-dealkylation sites (N-methyl/N-ethyl adjacent to an activating group) is 1. The molecule has 0 amide bonds. The second kappa shape index (κ2) is 8.00. The van der Waals surface area contributed by atoms with Crippen molar-refractivity contribution in [3.05, 3.63) is 47.2 Å². The molecule has 6 nitrogen and oxygen atoms in total. The molecule has 154 valence electrons. The number of anilines is 1. The fraction of sp³-hybridized carbons (Fsp3) is 0.609. The van der Waals surface area contributed by atoms with Gasteiger partial charge in [0.2, 0.25) is 0 Å². The molecule has 6 heteroatoms. The highest BCUT2D eigenvalue weighted by molar-refractivity contribution is 5.41. The number of hydrogen-bond acceptors (Lipinski definition) is 6. The molecule has 5 rings (SSSR count). The number of nitrogens with zero attached hydrogens (tertiary/aromatic N) is 6. The van der Waals surface area contributed by atoms with E-state index in [1.54, 1.807) is 0 Å². The SMILES string of the molecule is Cc1nc([C@H]2CCCN2[C@H]2CCCc3cccnc32)cc(N2CCN(C)CC2)n1. The van der Waals surface area contributed by atoms with Crippen LogP contribution in [0.2, 0.25) is 0 Å². The number of fused-ring (bicyclic) bond motifs is 1. The largest absolute Gasteiger partial charge is 0.354 e. The molecule has 2 aromatic rings. The summed E-state index contributed by atoms with van der Waals surface area (Å²) in [5, 5.41) is 0. The molecule has 0 radical (unpaired) electrons. The summed E-state index contributed by atoms with van der Waals surface area (Å²) in [6.45, 7) is 7.45. The Balaban J connectivity index is 1.43. The Morgan fingerprint density at radius 1 is 0.966 bits per heavy atom. The summed E-state index contributed by atoms with van der Waals surface area (Å²) in [6, 6.07) is 7.41. The minimum absolute atomic E-state index is 0.376. The van der Waals surface area contributed by atoms with Crippen LogP contribution in [0.15, 0.2) is 24.4 Å². The van der Waals surface area contributed by atoms with E-state index < -0.39 is 0 Å². The molecular formula is C23H32N6. The lowest BCUT2D eigenvalue weighted by atomic mass is 9.90.